The van der Waals surface area contributed by atoms with Gasteiger partial charge in [0.1, 0.15) is 12.4 Å². The van der Waals surface area contributed by atoms with Crippen LogP contribution in [0.3, 0.4) is 0 Å². The molecule has 1 aliphatic carbocycles. The maximum atomic E-state index is 12.2. The van der Waals surface area contributed by atoms with Crippen molar-refractivity contribution >= 4 is 17.6 Å². The van der Waals surface area contributed by atoms with Crippen molar-refractivity contribution in [2.75, 3.05) is 0 Å². The number of halogens is 1. The monoisotopic (exact) mass is 332 g/mol. The number of carboxylic acids is 1. The lowest BCUT2D eigenvalue weighted by atomic mass is 10.1. The summed E-state index contributed by atoms with van der Waals surface area (Å²) >= 11 is 6.16. The predicted octanol–water partition coefficient (Wildman–Crippen LogP) is 2.26. The third kappa shape index (κ3) is 3.29. The predicted molar refractivity (Wildman–Crippen MR) is 87.0 cm³/mol. The topological polar surface area (TPSA) is 72.2 Å². The van der Waals surface area contributed by atoms with E-state index in [0.29, 0.717) is 35.7 Å². The van der Waals surface area contributed by atoms with E-state index in [1.807, 2.05) is 24.3 Å². The molecule has 1 aliphatic rings. The van der Waals surface area contributed by atoms with Gasteiger partial charge in [-0.15, -0.1) is 0 Å². The average Bonchev–Trinajstić information content (AvgIpc) is 2.99. The highest BCUT2D eigenvalue weighted by atomic mass is 35.5. The molecule has 1 N–H and O–H groups in total. The maximum absolute atomic E-state index is 12.2. The second kappa shape index (κ2) is 6.54. The molecule has 6 heteroatoms. The lowest BCUT2D eigenvalue weighted by molar-refractivity contribution is -0.137. The lowest BCUT2D eigenvalue weighted by Gasteiger charge is -2.16. The van der Waals surface area contributed by atoms with Gasteiger partial charge in [0, 0.05) is 22.7 Å². The highest BCUT2D eigenvalue weighted by molar-refractivity contribution is 6.31. The van der Waals surface area contributed by atoms with E-state index in [4.69, 9.17) is 11.6 Å². The van der Waals surface area contributed by atoms with Crippen molar-refractivity contribution in [3.8, 4) is 0 Å². The molecule has 0 fully saturated rings. The Morgan fingerprint density at radius 1 is 1.26 bits per heavy atom. The number of fused-ring (bicyclic) bond motifs is 1. The molecule has 2 aromatic rings. The lowest BCUT2D eigenvalue weighted by Crippen LogP contribution is -2.26. The fraction of sp³-hybridized carbons (Fsp3) is 0.353. The van der Waals surface area contributed by atoms with Crippen LogP contribution in [-0.4, -0.2) is 20.6 Å². The van der Waals surface area contributed by atoms with E-state index in [-0.39, 0.29) is 12.1 Å². The van der Waals surface area contributed by atoms with Gasteiger partial charge in [-0.05, 0) is 37.3 Å². The van der Waals surface area contributed by atoms with Crippen LogP contribution < -0.4 is 5.56 Å². The number of rotatable bonds is 5. The van der Waals surface area contributed by atoms with Gasteiger partial charge in [-0.3, -0.25) is 9.59 Å². The van der Waals surface area contributed by atoms with E-state index in [9.17, 15) is 14.7 Å². The summed E-state index contributed by atoms with van der Waals surface area (Å²) in [7, 11) is 0. The van der Waals surface area contributed by atoms with E-state index >= 15 is 0 Å². The molecule has 0 spiro atoms. The number of nitrogens with zero attached hydrogens (tertiary/aromatic N) is 2. The second-order valence-electron chi connectivity index (χ2n) is 5.68. The summed E-state index contributed by atoms with van der Waals surface area (Å²) in [5, 5.41) is 9.84. The minimum Gasteiger partial charge on any atom is -0.480 e. The normalized spacial score (nSPS) is 13.1. The highest BCUT2D eigenvalue weighted by Gasteiger charge is 2.22. The molecule has 0 saturated heterocycles. The van der Waals surface area contributed by atoms with Crippen LogP contribution >= 0.6 is 11.6 Å². The van der Waals surface area contributed by atoms with Gasteiger partial charge < -0.3 is 9.67 Å². The van der Waals surface area contributed by atoms with E-state index in [1.165, 1.54) is 0 Å². The van der Waals surface area contributed by atoms with Crippen molar-refractivity contribution in [1.29, 1.82) is 0 Å². The highest BCUT2D eigenvalue weighted by Crippen LogP contribution is 2.21. The molecule has 1 aromatic heterocycles. The number of aromatic nitrogens is 2. The molecule has 0 bridgehead atoms. The molecule has 1 heterocycles. The Hall–Kier alpha value is -2.14. The summed E-state index contributed by atoms with van der Waals surface area (Å²) in [6.07, 6.45) is 3.40. The molecular weight excluding hydrogens is 316 g/mol. The van der Waals surface area contributed by atoms with Crippen LogP contribution in [0.5, 0.6) is 0 Å². The molecule has 0 aliphatic heterocycles. The number of carbonyl (C=O) groups is 1. The summed E-state index contributed by atoms with van der Waals surface area (Å²) in [6, 6.07) is 7.51. The van der Waals surface area contributed by atoms with E-state index in [1.54, 1.807) is 4.57 Å². The standard InChI is InChI=1S/C17H17ClN2O3/c18-13-6-2-1-4-11(13)8-9-15-19-17(23)12-5-3-7-14(12)20(15)10-16(21)22/h1-2,4,6H,3,5,7-10H2,(H,21,22). The Morgan fingerprint density at radius 3 is 2.78 bits per heavy atom. The molecule has 0 radical (unpaired) electrons. The summed E-state index contributed by atoms with van der Waals surface area (Å²) in [4.78, 5) is 27.5. The number of hydrogen-bond acceptors (Lipinski definition) is 3. The second-order valence-corrected chi connectivity index (χ2v) is 6.09. The largest absolute Gasteiger partial charge is 0.480 e. The van der Waals surface area contributed by atoms with Crippen molar-refractivity contribution in [2.45, 2.75) is 38.6 Å². The van der Waals surface area contributed by atoms with Crippen LogP contribution in [0.2, 0.25) is 5.02 Å². The molecule has 0 unspecified atom stereocenters. The zero-order valence-electron chi connectivity index (χ0n) is 12.6. The summed E-state index contributed by atoms with van der Waals surface area (Å²) in [5.74, 6) is -0.401. The van der Waals surface area contributed by atoms with Crippen LogP contribution in [0.25, 0.3) is 0 Å². The van der Waals surface area contributed by atoms with E-state index in [2.05, 4.69) is 4.98 Å². The third-order valence-corrected chi connectivity index (χ3v) is 4.55. The van der Waals surface area contributed by atoms with Gasteiger partial charge in [-0.25, -0.2) is 0 Å². The quantitative estimate of drug-likeness (QED) is 0.911. The Bertz CT molecular complexity index is 814. The zero-order valence-corrected chi connectivity index (χ0v) is 13.3. The van der Waals surface area contributed by atoms with Gasteiger partial charge in [0.25, 0.3) is 5.56 Å². The first-order chi connectivity index (χ1) is 11.1. The van der Waals surface area contributed by atoms with Gasteiger partial charge >= 0.3 is 5.97 Å². The third-order valence-electron chi connectivity index (χ3n) is 4.18. The van der Waals surface area contributed by atoms with Crippen molar-refractivity contribution in [3.63, 3.8) is 0 Å². The van der Waals surface area contributed by atoms with E-state index in [0.717, 1.165) is 24.1 Å². The average molecular weight is 333 g/mol. The van der Waals surface area contributed by atoms with Crippen LogP contribution in [0.1, 0.15) is 29.1 Å². The smallest absolute Gasteiger partial charge is 0.323 e. The van der Waals surface area contributed by atoms with Crippen molar-refractivity contribution in [2.24, 2.45) is 0 Å². The Labute approximate surface area is 138 Å². The molecule has 120 valence electrons. The molecule has 0 atom stereocenters. The first-order valence-electron chi connectivity index (χ1n) is 7.63. The van der Waals surface area contributed by atoms with Crippen molar-refractivity contribution in [3.05, 3.63) is 62.3 Å². The Kier molecular flexibility index (Phi) is 4.48. The molecular formula is C17H17ClN2O3. The van der Waals surface area contributed by atoms with Gasteiger partial charge in [0.15, 0.2) is 0 Å². The number of aliphatic carboxylic acids is 1. The van der Waals surface area contributed by atoms with Crippen LogP contribution in [0, 0.1) is 0 Å². The first-order valence-corrected chi connectivity index (χ1v) is 8.00. The Balaban J connectivity index is 1.95. The SMILES string of the molecule is O=C(O)Cn1c(CCc2ccccc2Cl)nc(=O)c2c1CCC2. The first kappa shape index (κ1) is 15.7. The molecule has 1 aromatic carbocycles. The number of aryl methyl sites for hydroxylation is 2. The Morgan fingerprint density at radius 2 is 2.04 bits per heavy atom. The summed E-state index contributed by atoms with van der Waals surface area (Å²) in [5.41, 5.74) is 2.26. The fourth-order valence-electron chi connectivity index (χ4n) is 3.12. The number of carboxylic acid groups (broad SMARTS) is 1. The van der Waals surface area contributed by atoms with Crippen LogP contribution in [0.15, 0.2) is 29.1 Å². The van der Waals surface area contributed by atoms with Gasteiger partial charge in [0.2, 0.25) is 0 Å². The molecule has 0 amide bonds. The zero-order chi connectivity index (χ0) is 16.4. The molecule has 5 nitrogen and oxygen atoms in total. The van der Waals surface area contributed by atoms with Crippen molar-refractivity contribution in [1.82, 2.24) is 9.55 Å². The van der Waals surface area contributed by atoms with Gasteiger partial charge in [0.05, 0.1) is 0 Å². The minimum atomic E-state index is -0.927. The fourth-order valence-corrected chi connectivity index (χ4v) is 3.35. The van der Waals surface area contributed by atoms with Crippen LogP contribution in [0.4, 0.5) is 0 Å². The van der Waals surface area contributed by atoms with Gasteiger partial charge in [-0.1, -0.05) is 29.8 Å². The minimum absolute atomic E-state index is 0.159. The molecule has 0 saturated carbocycles. The number of hydrogen-bond donors (Lipinski definition) is 1. The van der Waals surface area contributed by atoms with Crippen molar-refractivity contribution < 1.29 is 9.90 Å². The number of benzene rings is 1. The van der Waals surface area contributed by atoms with Gasteiger partial charge in [-0.2, -0.15) is 4.98 Å². The molecule has 23 heavy (non-hydrogen) atoms. The summed E-state index contributed by atoms with van der Waals surface area (Å²) in [6.45, 7) is -0.159. The molecule has 3 rings (SSSR count). The summed E-state index contributed by atoms with van der Waals surface area (Å²) < 4.78 is 1.70. The van der Waals surface area contributed by atoms with Crippen LogP contribution in [-0.2, 0) is 37.0 Å². The van der Waals surface area contributed by atoms with E-state index < -0.39 is 5.97 Å². The maximum Gasteiger partial charge on any atom is 0.323 e.